The molecule has 0 aliphatic heterocycles. The fourth-order valence-electron chi connectivity index (χ4n) is 1.39. The summed E-state index contributed by atoms with van der Waals surface area (Å²) in [5.74, 6) is -2.00. The largest absolute Gasteiger partial charge is 0.345 e. The lowest BCUT2D eigenvalue weighted by Gasteiger charge is -2.09. The summed E-state index contributed by atoms with van der Waals surface area (Å²) in [5.41, 5.74) is 1.82. The molecule has 1 saturated carbocycles. The third kappa shape index (κ3) is 4.57. The first-order chi connectivity index (χ1) is 9.78. The number of carbonyl (C=O) groups is 2. The quantitative estimate of drug-likeness (QED) is 0.545. The van der Waals surface area contributed by atoms with Crippen LogP contribution in [0.2, 0.25) is 10.0 Å². The number of nitrogens with one attached hydrogen (secondary N) is 3. The van der Waals surface area contributed by atoms with Crippen molar-refractivity contribution >= 4 is 45.0 Å². The first kappa shape index (κ1) is 16.0. The van der Waals surface area contributed by atoms with Gasteiger partial charge in [0.2, 0.25) is 0 Å². The molecule has 0 atom stereocenters. The zero-order chi connectivity index (χ0) is 15.6. The van der Waals surface area contributed by atoms with Gasteiger partial charge in [-0.15, -0.1) is 4.83 Å². The van der Waals surface area contributed by atoms with Gasteiger partial charge >= 0.3 is 11.8 Å². The lowest BCUT2D eigenvalue weighted by atomic mass is 10.4. The van der Waals surface area contributed by atoms with Crippen LogP contribution in [0.5, 0.6) is 0 Å². The molecule has 0 spiro atoms. The standard InChI is InChI=1S/C11H11Cl2N3O4S/c12-6-3-7(13)5-9(4-6)21(19,20)16-15-11(18)10(17)14-8-1-2-8/h3-5,8,16H,1-2H2,(H,14,17)(H,15,18). The summed E-state index contributed by atoms with van der Waals surface area (Å²) < 4.78 is 23.8. The van der Waals surface area contributed by atoms with E-state index in [4.69, 9.17) is 23.2 Å². The molecule has 0 heterocycles. The van der Waals surface area contributed by atoms with Crippen LogP contribution in [0, 0.1) is 0 Å². The van der Waals surface area contributed by atoms with Crippen LogP contribution in [0.3, 0.4) is 0 Å². The maximum Gasteiger partial charge on any atom is 0.324 e. The summed E-state index contributed by atoms with van der Waals surface area (Å²) in [4.78, 5) is 24.3. The second-order valence-electron chi connectivity index (χ2n) is 4.41. The molecule has 1 aliphatic carbocycles. The molecule has 7 nitrogen and oxygen atoms in total. The number of sulfonamides is 1. The number of hydrogen-bond acceptors (Lipinski definition) is 4. The number of hydrazine groups is 1. The Labute approximate surface area is 131 Å². The van der Waals surface area contributed by atoms with Crippen LogP contribution in [0.25, 0.3) is 0 Å². The van der Waals surface area contributed by atoms with Gasteiger partial charge in [0.1, 0.15) is 0 Å². The first-order valence-corrected chi connectivity index (χ1v) is 8.10. The average Bonchev–Trinajstić information content (AvgIpc) is 3.18. The maximum atomic E-state index is 11.9. The Bertz CT molecular complexity index is 668. The molecule has 0 radical (unpaired) electrons. The van der Waals surface area contributed by atoms with Gasteiger partial charge in [-0.2, -0.15) is 0 Å². The highest BCUT2D eigenvalue weighted by atomic mass is 35.5. The molecule has 1 fully saturated rings. The zero-order valence-corrected chi connectivity index (χ0v) is 12.8. The molecule has 1 aromatic rings. The Balaban J connectivity index is 2.00. The number of amides is 2. The summed E-state index contributed by atoms with van der Waals surface area (Å²) >= 11 is 11.4. The molecular weight excluding hydrogens is 341 g/mol. The number of hydrogen-bond donors (Lipinski definition) is 3. The maximum absolute atomic E-state index is 11.9. The molecular formula is C11H11Cl2N3O4S. The van der Waals surface area contributed by atoms with Crippen molar-refractivity contribution in [2.24, 2.45) is 0 Å². The van der Waals surface area contributed by atoms with Gasteiger partial charge in [0.15, 0.2) is 0 Å². The third-order valence-corrected chi connectivity index (χ3v) is 4.23. The summed E-state index contributed by atoms with van der Waals surface area (Å²) in [7, 11) is -4.08. The topological polar surface area (TPSA) is 104 Å². The molecule has 0 aromatic heterocycles. The Hall–Kier alpha value is -1.35. The van der Waals surface area contributed by atoms with Gasteiger partial charge in [-0.1, -0.05) is 23.2 Å². The van der Waals surface area contributed by atoms with E-state index in [1.165, 1.54) is 6.07 Å². The van der Waals surface area contributed by atoms with Crippen LogP contribution >= 0.6 is 23.2 Å². The normalized spacial score (nSPS) is 14.6. The number of rotatable bonds is 4. The number of halogens is 2. The first-order valence-electron chi connectivity index (χ1n) is 5.87. The lowest BCUT2D eigenvalue weighted by Crippen LogP contribution is -2.48. The van der Waals surface area contributed by atoms with Crippen molar-refractivity contribution in [1.29, 1.82) is 0 Å². The van der Waals surface area contributed by atoms with Crippen LogP contribution in [-0.4, -0.2) is 26.3 Å². The van der Waals surface area contributed by atoms with E-state index in [-0.39, 0.29) is 21.0 Å². The van der Waals surface area contributed by atoms with Gasteiger partial charge in [0.25, 0.3) is 10.0 Å². The molecule has 0 saturated heterocycles. The van der Waals surface area contributed by atoms with E-state index in [0.29, 0.717) is 0 Å². The number of benzene rings is 1. The van der Waals surface area contributed by atoms with Gasteiger partial charge in [0.05, 0.1) is 4.90 Å². The van der Waals surface area contributed by atoms with Crippen LogP contribution in [0.4, 0.5) is 0 Å². The summed E-state index contributed by atoms with van der Waals surface area (Å²) in [6.07, 6.45) is 1.62. The van der Waals surface area contributed by atoms with Crippen LogP contribution in [0.15, 0.2) is 23.1 Å². The Morgan fingerprint density at radius 1 is 1.05 bits per heavy atom. The zero-order valence-electron chi connectivity index (χ0n) is 10.5. The molecule has 0 bridgehead atoms. The summed E-state index contributed by atoms with van der Waals surface area (Å²) in [6.45, 7) is 0. The average molecular weight is 352 g/mol. The molecule has 2 amide bonds. The van der Waals surface area contributed by atoms with E-state index >= 15 is 0 Å². The second-order valence-corrected chi connectivity index (χ2v) is 6.97. The summed E-state index contributed by atoms with van der Waals surface area (Å²) in [5, 5.41) is 2.67. The van der Waals surface area contributed by atoms with E-state index in [9.17, 15) is 18.0 Å². The highest BCUT2D eigenvalue weighted by Gasteiger charge is 2.27. The minimum Gasteiger partial charge on any atom is -0.345 e. The van der Waals surface area contributed by atoms with Gasteiger partial charge in [-0.3, -0.25) is 15.0 Å². The molecule has 10 heteroatoms. The fraction of sp³-hybridized carbons (Fsp3) is 0.273. The second kappa shape index (κ2) is 6.18. The van der Waals surface area contributed by atoms with Crippen LogP contribution in [-0.2, 0) is 19.6 Å². The molecule has 3 N–H and O–H groups in total. The molecule has 0 unspecified atom stereocenters. The Morgan fingerprint density at radius 3 is 2.14 bits per heavy atom. The Morgan fingerprint density at radius 2 is 1.62 bits per heavy atom. The van der Waals surface area contributed by atoms with Gasteiger partial charge in [0, 0.05) is 16.1 Å². The van der Waals surface area contributed by atoms with Crippen molar-refractivity contribution in [2.45, 2.75) is 23.8 Å². The minimum absolute atomic E-state index is 0.00778. The highest BCUT2D eigenvalue weighted by molar-refractivity contribution is 7.89. The van der Waals surface area contributed by atoms with E-state index in [2.05, 4.69) is 5.32 Å². The molecule has 2 rings (SSSR count). The van der Waals surface area contributed by atoms with E-state index in [1.807, 2.05) is 5.43 Å². The molecule has 1 aliphatic rings. The third-order valence-electron chi connectivity index (χ3n) is 2.56. The minimum atomic E-state index is -4.08. The molecule has 1 aromatic carbocycles. The predicted molar refractivity (Wildman–Crippen MR) is 76.1 cm³/mol. The fourth-order valence-corrected chi connectivity index (χ4v) is 2.96. The van der Waals surface area contributed by atoms with Crippen LogP contribution in [0.1, 0.15) is 12.8 Å². The molecule has 114 valence electrons. The lowest BCUT2D eigenvalue weighted by molar-refractivity contribution is -0.139. The van der Waals surface area contributed by atoms with Crippen molar-refractivity contribution in [1.82, 2.24) is 15.6 Å². The van der Waals surface area contributed by atoms with Crippen molar-refractivity contribution in [2.75, 3.05) is 0 Å². The predicted octanol–water partition coefficient (Wildman–Crippen LogP) is 0.581. The van der Waals surface area contributed by atoms with Crippen molar-refractivity contribution in [3.05, 3.63) is 28.2 Å². The van der Waals surface area contributed by atoms with Crippen molar-refractivity contribution < 1.29 is 18.0 Å². The van der Waals surface area contributed by atoms with Crippen molar-refractivity contribution in [3.8, 4) is 0 Å². The number of carbonyl (C=O) groups excluding carboxylic acids is 2. The highest BCUT2D eigenvalue weighted by Crippen LogP contribution is 2.22. The Kier molecular flexibility index (Phi) is 4.72. The SMILES string of the molecule is O=C(NNS(=O)(=O)c1cc(Cl)cc(Cl)c1)C(=O)NC1CC1. The van der Waals surface area contributed by atoms with Gasteiger partial charge < -0.3 is 5.32 Å². The van der Waals surface area contributed by atoms with E-state index in [0.717, 1.165) is 25.0 Å². The smallest absolute Gasteiger partial charge is 0.324 e. The summed E-state index contributed by atoms with van der Waals surface area (Å²) in [6, 6.07) is 3.67. The monoisotopic (exact) mass is 351 g/mol. The van der Waals surface area contributed by atoms with E-state index in [1.54, 1.807) is 4.83 Å². The molecule has 21 heavy (non-hydrogen) atoms. The van der Waals surface area contributed by atoms with E-state index < -0.39 is 21.8 Å². The van der Waals surface area contributed by atoms with Crippen LogP contribution < -0.4 is 15.6 Å². The van der Waals surface area contributed by atoms with Gasteiger partial charge in [-0.25, -0.2) is 8.42 Å². The van der Waals surface area contributed by atoms with Crippen molar-refractivity contribution in [3.63, 3.8) is 0 Å². The van der Waals surface area contributed by atoms with Gasteiger partial charge in [-0.05, 0) is 31.0 Å².